The molecule has 5 N–H and O–H groups in total. The van der Waals surface area contributed by atoms with Crippen molar-refractivity contribution >= 4 is 0 Å². The Labute approximate surface area is 90.1 Å². The van der Waals surface area contributed by atoms with Crippen molar-refractivity contribution in [3.8, 4) is 0 Å². The van der Waals surface area contributed by atoms with Crippen LogP contribution in [0.1, 0.15) is 32.1 Å². The van der Waals surface area contributed by atoms with Crippen LogP contribution >= 0.6 is 0 Å². The Morgan fingerprint density at radius 1 is 1.20 bits per heavy atom. The van der Waals surface area contributed by atoms with Gasteiger partial charge >= 0.3 is 0 Å². The van der Waals surface area contributed by atoms with E-state index in [0.717, 1.165) is 25.7 Å². The van der Waals surface area contributed by atoms with Gasteiger partial charge in [-0.05, 0) is 30.6 Å². The minimum absolute atomic E-state index is 0.0494. The molecule has 4 atom stereocenters. The smallest absolute Gasteiger partial charge is 0.0955 e. The molecule has 1 spiro atoms. The van der Waals surface area contributed by atoms with E-state index < -0.39 is 12.2 Å². The normalized spacial score (nSPS) is 44.8. The third kappa shape index (κ3) is 1.60. The van der Waals surface area contributed by atoms with Crippen LogP contribution in [0.4, 0.5) is 0 Å². The fraction of sp³-hybridized carbons (Fsp3) is 1.00. The zero-order valence-corrected chi connectivity index (χ0v) is 8.97. The van der Waals surface area contributed by atoms with E-state index in [9.17, 15) is 15.3 Å². The summed E-state index contributed by atoms with van der Waals surface area (Å²) < 4.78 is 0. The van der Waals surface area contributed by atoms with Crippen molar-refractivity contribution in [2.45, 2.75) is 50.4 Å². The predicted molar refractivity (Wildman–Crippen MR) is 56.1 cm³/mol. The predicted octanol–water partition coefficient (Wildman–Crippen LogP) is -0.392. The largest absolute Gasteiger partial charge is 0.396 e. The first kappa shape index (κ1) is 11.3. The van der Waals surface area contributed by atoms with E-state index >= 15 is 0 Å². The fourth-order valence-electron chi connectivity index (χ4n) is 3.55. The van der Waals surface area contributed by atoms with Crippen LogP contribution in [-0.2, 0) is 0 Å². The SMILES string of the molecule is N[C@H]1[C@@H](O)[C@H](O)C[C@H](CO)C12CCCC2. The molecule has 0 unspecified atom stereocenters. The molecule has 0 aromatic rings. The van der Waals surface area contributed by atoms with Crippen molar-refractivity contribution in [3.05, 3.63) is 0 Å². The van der Waals surface area contributed by atoms with Crippen LogP contribution < -0.4 is 5.73 Å². The van der Waals surface area contributed by atoms with Crippen molar-refractivity contribution in [1.29, 1.82) is 0 Å². The van der Waals surface area contributed by atoms with E-state index in [-0.39, 0.29) is 24.0 Å². The van der Waals surface area contributed by atoms with Crippen LogP contribution in [0, 0.1) is 11.3 Å². The molecule has 2 rings (SSSR count). The highest BCUT2D eigenvalue weighted by molar-refractivity contribution is 5.06. The Morgan fingerprint density at radius 2 is 1.80 bits per heavy atom. The van der Waals surface area contributed by atoms with Crippen LogP contribution in [0.15, 0.2) is 0 Å². The average Bonchev–Trinajstić information content (AvgIpc) is 2.71. The first-order valence-corrected chi connectivity index (χ1v) is 5.84. The molecule has 0 aliphatic heterocycles. The van der Waals surface area contributed by atoms with E-state index in [1.54, 1.807) is 0 Å². The van der Waals surface area contributed by atoms with Gasteiger partial charge in [-0.1, -0.05) is 12.8 Å². The molecule has 88 valence electrons. The molecule has 2 fully saturated rings. The third-order valence-electron chi connectivity index (χ3n) is 4.52. The summed E-state index contributed by atoms with van der Waals surface area (Å²) in [6.45, 7) is 0.0669. The zero-order chi connectivity index (χ0) is 11.1. The molecule has 0 amide bonds. The van der Waals surface area contributed by atoms with Gasteiger partial charge in [-0.2, -0.15) is 0 Å². The molecule has 2 saturated carbocycles. The van der Waals surface area contributed by atoms with Gasteiger partial charge in [0.1, 0.15) is 0 Å². The minimum atomic E-state index is -0.828. The molecule has 0 aromatic heterocycles. The second kappa shape index (κ2) is 4.01. The zero-order valence-electron chi connectivity index (χ0n) is 8.97. The third-order valence-corrected chi connectivity index (χ3v) is 4.52. The fourth-order valence-corrected chi connectivity index (χ4v) is 3.55. The molecule has 0 aromatic carbocycles. The summed E-state index contributed by atoms with van der Waals surface area (Å²) >= 11 is 0. The number of rotatable bonds is 1. The summed E-state index contributed by atoms with van der Waals surface area (Å²) in [5, 5.41) is 28.9. The maximum absolute atomic E-state index is 9.83. The van der Waals surface area contributed by atoms with E-state index in [4.69, 9.17) is 5.73 Å². The number of nitrogens with two attached hydrogens (primary N) is 1. The molecule has 4 heteroatoms. The standard InChI is InChI=1S/C11H21NO3/c12-10-9(15)8(14)5-7(6-13)11(10)3-1-2-4-11/h7-10,13-15H,1-6,12H2/t7-,8-,9+,10+/m1/s1. The molecule has 2 aliphatic rings. The molecule has 0 radical (unpaired) electrons. The van der Waals surface area contributed by atoms with E-state index in [2.05, 4.69) is 0 Å². The Morgan fingerprint density at radius 3 is 2.33 bits per heavy atom. The van der Waals surface area contributed by atoms with Gasteiger partial charge in [0.2, 0.25) is 0 Å². The quantitative estimate of drug-likeness (QED) is 0.480. The maximum Gasteiger partial charge on any atom is 0.0955 e. The molecule has 4 nitrogen and oxygen atoms in total. The van der Waals surface area contributed by atoms with Crippen LogP contribution in [0.25, 0.3) is 0 Å². The van der Waals surface area contributed by atoms with Gasteiger partial charge in [0, 0.05) is 12.6 Å². The molecule has 2 aliphatic carbocycles. The summed E-state index contributed by atoms with van der Waals surface area (Å²) in [6.07, 6.45) is 3.06. The van der Waals surface area contributed by atoms with Gasteiger partial charge in [-0.15, -0.1) is 0 Å². The lowest BCUT2D eigenvalue weighted by Crippen LogP contribution is -2.61. The van der Waals surface area contributed by atoms with Crippen molar-refractivity contribution < 1.29 is 15.3 Å². The van der Waals surface area contributed by atoms with Gasteiger partial charge < -0.3 is 21.1 Å². The lowest BCUT2D eigenvalue weighted by atomic mass is 9.61. The Kier molecular flexibility index (Phi) is 3.03. The van der Waals surface area contributed by atoms with E-state index in [1.165, 1.54) is 0 Å². The van der Waals surface area contributed by atoms with Gasteiger partial charge in [0.05, 0.1) is 12.2 Å². The topological polar surface area (TPSA) is 86.7 Å². The minimum Gasteiger partial charge on any atom is -0.396 e. The summed E-state index contributed by atoms with van der Waals surface area (Å²) in [6, 6.07) is -0.388. The van der Waals surface area contributed by atoms with Gasteiger partial charge in [-0.25, -0.2) is 0 Å². The summed E-state index contributed by atoms with van der Waals surface area (Å²) in [5.74, 6) is 0.0494. The van der Waals surface area contributed by atoms with Gasteiger partial charge in [-0.3, -0.25) is 0 Å². The van der Waals surface area contributed by atoms with Crippen molar-refractivity contribution in [2.75, 3.05) is 6.61 Å². The van der Waals surface area contributed by atoms with Crippen molar-refractivity contribution in [3.63, 3.8) is 0 Å². The second-order valence-corrected chi connectivity index (χ2v) is 5.14. The maximum atomic E-state index is 9.83. The lowest BCUT2D eigenvalue weighted by molar-refractivity contribution is -0.109. The first-order valence-electron chi connectivity index (χ1n) is 5.84. The lowest BCUT2D eigenvalue weighted by Gasteiger charge is -2.49. The molecule has 0 bridgehead atoms. The van der Waals surface area contributed by atoms with Crippen molar-refractivity contribution in [2.24, 2.45) is 17.1 Å². The second-order valence-electron chi connectivity index (χ2n) is 5.14. The van der Waals surface area contributed by atoms with Crippen LogP contribution in [0.2, 0.25) is 0 Å². The Hall–Kier alpha value is -0.160. The summed E-state index contributed by atoms with van der Waals surface area (Å²) in [7, 11) is 0. The highest BCUT2D eigenvalue weighted by Gasteiger charge is 2.53. The Balaban J connectivity index is 2.24. The molecule has 0 heterocycles. The number of hydrogen-bond acceptors (Lipinski definition) is 4. The van der Waals surface area contributed by atoms with Gasteiger partial charge in [0.15, 0.2) is 0 Å². The van der Waals surface area contributed by atoms with Gasteiger partial charge in [0.25, 0.3) is 0 Å². The van der Waals surface area contributed by atoms with Crippen LogP contribution in [-0.4, -0.2) is 40.2 Å². The average molecular weight is 215 g/mol. The molecular weight excluding hydrogens is 194 g/mol. The highest BCUT2D eigenvalue weighted by Crippen LogP contribution is 2.51. The highest BCUT2D eigenvalue weighted by atomic mass is 16.3. The number of aliphatic hydroxyl groups is 3. The van der Waals surface area contributed by atoms with Crippen molar-refractivity contribution in [1.82, 2.24) is 0 Å². The van der Waals surface area contributed by atoms with Crippen LogP contribution in [0.5, 0.6) is 0 Å². The van der Waals surface area contributed by atoms with E-state index in [1.807, 2.05) is 0 Å². The van der Waals surface area contributed by atoms with Crippen LogP contribution in [0.3, 0.4) is 0 Å². The van der Waals surface area contributed by atoms with E-state index in [0.29, 0.717) is 6.42 Å². The monoisotopic (exact) mass is 215 g/mol. The summed E-state index contributed by atoms with van der Waals surface area (Å²) in [5.41, 5.74) is 5.92. The number of hydrogen-bond donors (Lipinski definition) is 4. The number of aliphatic hydroxyl groups excluding tert-OH is 3. The Bertz CT molecular complexity index is 224. The molecule has 15 heavy (non-hydrogen) atoms. The molecule has 0 saturated heterocycles. The molecular formula is C11H21NO3. The summed E-state index contributed by atoms with van der Waals surface area (Å²) in [4.78, 5) is 0. The first-order chi connectivity index (χ1) is 7.12.